The number of imide groups is 2. The minimum Gasteiger partial charge on any atom is -0.508 e. The Hall–Kier alpha value is -7.38. The van der Waals surface area contributed by atoms with E-state index in [1.54, 1.807) is 50.2 Å². The molecule has 438 valence electrons. The molecule has 0 spiro atoms. The van der Waals surface area contributed by atoms with Crippen LogP contribution in [0.4, 0.5) is 10.5 Å². The number of carbonyl (C=O) groups is 10. The SMILES string of the molecule is CC(C)[C@H](NC(=O)[C@H](Cc1ccc(O)cc1)NC(=O)CCCCCN1C(=O)C=CC1=O)C(=O)N[C@@H](C)C(=O)N[C@@H](C)C(=O)Nc1ccc(COC(=O)N2C(=O)C=C[C@]3(C)[C@H]4CC[C@]5(C)[C@@H](C(=O)NC(C)(C)C)CC[C@H]5[C@@H]4CC[C@@H]23)cc1. The van der Waals surface area contributed by atoms with E-state index >= 15 is 0 Å². The molecule has 0 saturated heterocycles. The molecule has 2 heterocycles. The lowest BCUT2D eigenvalue weighted by atomic mass is 9.47. The minimum absolute atomic E-state index is 0.0130. The molecular formula is C61H82N8O12. The van der Waals surface area contributed by atoms with Gasteiger partial charge in [-0.3, -0.25) is 48.1 Å². The number of rotatable bonds is 21. The van der Waals surface area contributed by atoms with Crippen molar-refractivity contribution in [2.75, 3.05) is 11.9 Å². The van der Waals surface area contributed by atoms with Crippen molar-refractivity contribution in [3.63, 3.8) is 0 Å². The highest BCUT2D eigenvalue weighted by atomic mass is 16.6. The summed E-state index contributed by atoms with van der Waals surface area (Å²) < 4.78 is 5.78. The predicted octanol–water partition coefficient (Wildman–Crippen LogP) is 5.87. The molecule has 0 aromatic heterocycles. The van der Waals surface area contributed by atoms with E-state index in [2.05, 4.69) is 45.7 Å². The summed E-state index contributed by atoms with van der Waals surface area (Å²) in [5.41, 5.74) is 0.768. The van der Waals surface area contributed by atoms with Gasteiger partial charge in [-0.05, 0) is 150 Å². The van der Waals surface area contributed by atoms with E-state index in [0.29, 0.717) is 54.3 Å². The van der Waals surface area contributed by atoms with Gasteiger partial charge in [-0.1, -0.05) is 64.5 Å². The average molecular weight is 1120 g/mol. The molecule has 0 bridgehead atoms. The molecule has 20 heteroatoms. The summed E-state index contributed by atoms with van der Waals surface area (Å²) >= 11 is 0. The third kappa shape index (κ3) is 14.6. The number of anilines is 1. The van der Waals surface area contributed by atoms with E-state index in [-0.39, 0.29) is 78.3 Å². The fourth-order valence-electron chi connectivity index (χ4n) is 13.0. The molecule has 0 unspecified atom stereocenters. The first-order chi connectivity index (χ1) is 38.2. The highest BCUT2D eigenvalue weighted by Gasteiger charge is 2.62. The number of unbranched alkanes of at least 4 members (excludes halogenated alkanes) is 2. The maximum Gasteiger partial charge on any atom is 0.417 e. The molecule has 5 aliphatic rings. The second kappa shape index (κ2) is 25.6. The first kappa shape index (κ1) is 61.2. The maximum atomic E-state index is 13.9. The Labute approximate surface area is 474 Å². The third-order valence-corrected chi connectivity index (χ3v) is 17.4. The van der Waals surface area contributed by atoms with Gasteiger partial charge in [-0.15, -0.1) is 0 Å². The highest BCUT2D eigenvalue weighted by molar-refractivity contribution is 6.12. The van der Waals surface area contributed by atoms with Crippen molar-refractivity contribution in [3.05, 3.63) is 84.0 Å². The molecule has 81 heavy (non-hydrogen) atoms. The molecule has 11 atom stereocenters. The van der Waals surface area contributed by atoms with Crippen molar-refractivity contribution in [2.45, 2.75) is 175 Å². The molecule has 0 radical (unpaired) electrons. The summed E-state index contributed by atoms with van der Waals surface area (Å²) in [6, 6.07) is 7.87. The number of hydrogen-bond acceptors (Lipinski definition) is 12. The molecule has 2 aliphatic heterocycles. The number of nitrogens with one attached hydrogen (secondary N) is 6. The number of phenolic OH excluding ortho intramolecular Hbond substituents is 1. The largest absolute Gasteiger partial charge is 0.508 e. The minimum atomic E-state index is -1.14. The van der Waals surface area contributed by atoms with Gasteiger partial charge in [-0.25, -0.2) is 9.69 Å². The molecule has 3 aliphatic carbocycles. The van der Waals surface area contributed by atoms with Gasteiger partial charge in [-0.2, -0.15) is 0 Å². The van der Waals surface area contributed by atoms with Crippen LogP contribution in [0, 0.1) is 40.4 Å². The Morgan fingerprint density at radius 1 is 0.691 bits per heavy atom. The first-order valence-corrected chi connectivity index (χ1v) is 28.6. The van der Waals surface area contributed by atoms with Crippen molar-refractivity contribution < 1.29 is 57.8 Å². The van der Waals surface area contributed by atoms with Crippen molar-refractivity contribution in [3.8, 4) is 5.75 Å². The second-order valence-electron chi connectivity index (χ2n) is 24.7. The van der Waals surface area contributed by atoms with Crippen LogP contribution in [-0.4, -0.2) is 116 Å². The summed E-state index contributed by atoms with van der Waals surface area (Å²) in [5.74, 6) is -3.54. The summed E-state index contributed by atoms with van der Waals surface area (Å²) in [4.78, 5) is 134. The molecule has 7 rings (SSSR count). The van der Waals surface area contributed by atoms with Crippen LogP contribution < -0.4 is 31.9 Å². The Kier molecular flexibility index (Phi) is 19.4. The van der Waals surface area contributed by atoms with Gasteiger partial charge in [0.05, 0.1) is 6.04 Å². The molecule has 2 aromatic rings. The van der Waals surface area contributed by atoms with E-state index in [1.165, 1.54) is 49.1 Å². The van der Waals surface area contributed by atoms with Gasteiger partial charge in [0, 0.05) is 60.2 Å². The van der Waals surface area contributed by atoms with Crippen molar-refractivity contribution >= 4 is 64.9 Å². The lowest BCUT2D eigenvalue weighted by Crippen LogP contribution is -2.62. The van der Waals surface area contributed by atoms with Crippen LogP contribution in [0.1, 0.15) is 138 Å². The summed E-state index contributed by atoms with van der Waals surface area (Å²) in [6.45, 7) is 16.9. The lowest BCUT2D eigenvalue weighted by molar-refractivity contribution is -0.142. The second-order valence-corrected chi connectivity index (χ2v) is 24.7. The van der Waals surface area contributed by atoms with Crippen LogP contribution in [0.2, 0.25) is 0 Å². The zero-order chi connectivity index (χ0) is 59.1. The number of nitrogens with zero attached hydrogens (tertiary/aromatic N) is 2. The number of benzene rings is 2. The molecular weight excluding hydrogens is 1040 g/mol. The first-order valence-electron chi connectivity index (χ1n) is 28.6. The normalized spacial score (nSPS) is 25.4. The van der Waals surface area contributed by atoms with Crippen LogP contribution >= 0.6 is 0 Å². The quantitative estimate of drug-likeness (QED) is 0.0571. The Morgan fingerprint density at radius 2 is 1.33 bits per heavy atom. The number of ether oxygens (including phenoxy) is 1. The highest BCUT2D eigenvalue weighted by Crippen LogP contribution is 2.65. The number of fused-ring (bicyclic) bond motifs is 5. The smallest absolute Gasteiger partial charge is 0.417 e. The van der Waals surface area contributed by atoms with Crippen molar-refractivity contribution in [2.24, 2.45) is 40.4 Å². The van der Waals surface area contributed by atoms with Gasteiger partial charge in [0.25, 0.3) is 17.7 Å². The molecule has 7 N–H and O–H groups in total. The van der Waals surface area contributed by atoms with E-state index in [4.69, 9.17) is 4.74 Å². The van der Waals surface area contributed by atoms with E-state index in [0.717, 1.165) is 37.0 Å². The summed E-state index contributed by atoms with van der Waals surface area (Å²) in [5, 5.41) is 26.5. The van der Waals surface area contributed by atoms with Crippen molar-refractivity contribution in [1.29, 1.82) is 0 Å². The Bertz CT molecular complexity index is 2770. The van der Waals surface area contributed by atoms with Gasteiger partial charge < -0.3 is 41.7 Å². The monoisotopic (exact) mass is 1120 g/mol. The van der Waals surface area contributed by atoms with Crippen LogP contribution in [0.25, 0.3) is 0 Å². The topological polar surface area (TPSA) is 279 Å². The van der Waals surface area contributed by atoms with Gasteiger partial charge in [0.15, 0.2) is 0 Å². The zero-order valence-electron chi connectivity index (χ0n) is 48.2. The standard InChI is InChI=1S/C61H82N8O12/c1-35(2)52(66-56(78)46(33-38-16-20-41(70)21-17-38)65-48(71)13-11-10-12-32-68-49(72)26-27-50(68)73)57(79)63-36(3)53(75)62-37(4)54(76)64-40-18-14-39(15-19-40)34-81-58(80)69-47-25-22-42-43-23-24-45(55(77)67-59(5,6)7)60(43,8)30-28-44(42)61(47,9)31-29-51(69)74/h14-21,26-27,29,31,35-37,42-47,52,70H,10-13,22-25,28,30,32-34H2,1-9H3,(H,62,75)(H,63,79)(H,64,76)(H,65,71)(H,66,78)(H,67,77)/t36-,37-,42-,43-,44-,45+,46-,47+,52-,60-,61+/m0/s1. The molecule has 20 nitrogen and oxygen atoms in total. The molecule has 2 aromatic carbocycles. The number of phenols is 1. The number of hydrogen-bond donors (Lipinski definition) is 7. The number of carbonyl (C=O) groups excluding carboxylic acids is 10. The molecule has 3 fully saturated rings. The van der Waals surface area contributed by atoms with E-state index in [9.17, 15) is 53.1 Å². The third-order valence-electron chi connectivity index (χ3n) is 17.4. The Balaban J connectivity index is 0.863. The van der Waals surface area contributed by atoms with Crippen LogP contribution in [0.3, 0.4) is 0 Å². The Morgan fingerprint density at radius 3 is 1.99 bits per heavy atom. The van der Waals surface area contributed by atoms with Gasteiger partial charge in [0.2, 0.25) is 35.4 Å². The van der Waals surface area contributed by atoms with Crippen molar-refractivity contribution in [1.82, 2.24) is 36.4 Å². The fraction of sp³-hybridized carbons (Fsp3) is 0.574. The van der Waals surface area contributed by atoms with E-state index in [1.807, 2.05) is 26.8 Å². The zero-order valence-corrected chi connectivity index (χ0v) is 48.2. The van der Waals surface area contributed by atoms with E-state index < -0.39 is 77.0 Å². The number of amides is 10. The molecule has 10 amide bonds. The molecule has 3 saturated carbocycles. The van der Waals surface area contributed by atoms with Gasteiger partial charge >= 0.3 is 6.09 Å². The summed E-state index contributed by atoms with van der Waals surface area (Å²) in [7, 11) is 0. The predicted molar refractivity (Wildman–Crippen MR) is 301 cm³/mol. The van der Waals surface area contributed by atoms with Gasteiger partial charge in [0.1, 0.15) is 36.5 Å². The maximum absolute atomic E-state index is 13.9. The van der Waals surface area contributed by atoms with Crippen LogP contribution in [0.5, 0.6) is 5.75 Å². The average Bonchev–Trinajstić information content (AvgIpc) is 4.00. The van der Waals surface area contributed by atoms with Crippen LogP contribution in [-0.2, 0) is 60.9 Å². The summed E-state index contributed by atoms with van der Waals surface area (Å²) in [6.07, 6.45) is 11.9. The number of aromatic hydroxyl groups is 1. The lowest BCUT2D eigenvalue weighted by Gasteiger charge is -2.60. The van der Waals surface area contributed by atoms with Crippen LogP contribution in [0.15, 0.2) is 72.8 Å². The fourth-order valence-corrected chi connectivity index (χ4v) is 13.0.